The maximum Gasteiger partial charge on any atom is 0.330 e. The van der Waals surface area contributed by atoms with Crippen LogP contribution in [0, 0.1) is 0 Å². The predicted molar refractivity (Wildman–Crippen MR) is 130 cm³/mol. The van der Waals surface area contributed by atoms with Gasteiger partial charge in [-0.15, -0.1) is 10.2 Å². The van der Waals surface area contributed by atoms with Crippen molar-refractivity contribution in [1.82, 2.24) is 24.6 Å². The Bertz CT molecular complexity index is 1210. The highest BCUT2D eigenvalue weighted by molar-refractivity contribution is 6.05. The first-order valence-electron chi connectivity index (χ1n) is 11.5. The number of carbonyl (C=O) groups excluding carboxylic acids is 2. The van der Waals surface area contributed by atoms with Gasteiger partial charge in [0, 0.05) is 50.6 Å². The van der Waals surface area contributed by atoms with Gasteiger partial charge in [-0.05, 0) is 50.2 Å². The van der Waals surface area contributed by atoms with Crippen LogP contribution < -0.4 is 14.7 Å². The van der Waals surface area contributed by atoms with Gasteiger partial charge in [0.05, 0.1) is 6.54 Å². The molecule has 2 fully saturated rings. The number of likely N-dealkylation sites (N-methyl/N-ethyl adjacent to an activating group) is 1. The normalized spacial score (nSPS) is 16.8. The first kappa shape index (κ1) is 21.9. The van der Waals surface area contributed by atoms with Crippen LogP contribution in [-0.4, -0.2) is 76.4 Å². The standard InChI is InChI=1S/C24H28N8O2/c1-17(2)32-16-25-27-23(32)20-5-4-6-21(26-20)31-14-13-30(24(31)34)19-9-7-18(8-10-19)29-12-11-28(3)22(33)15-29/h4-10,16-17H,11-15H2,1-3H3. The van der Waals surface area contributed by atoms with Crippen LogP contribution in [0.1, 0.15) is 19.9 Å². The van der Waals surface area contributed by atoms with Gasteiger partial charge in [-0.25, -0.2) is 9.78 Å². The molecule has 10 heteroatoms. The second kappa shape index (κ2) is 8.77. The predicted octanol–water partition coefficient (Wildman–Crippen LogP) is 2.65. The molecule has 2 saturated heterocycles. The summed E-state index contributed by atoms with van der Waals surface area (Å²) >= 11 is 0. The van der Waals surface area contributed by atoms with Crippen molar-refractivity contribution in [3.63, 3.8) is 0 Å². The molecular weight excluding hydrogens is 432 g/mol. The maximum absolute atomic E-state index is 13.3. The van der Waals surface area contributed by atoms with Crippen LogP contribution >= 0.6 is 0 Å². The first-order valence-corrected chi connectivity index (χ1v) is 11.5. The molecule has 0 unspecified atom stereocenters. The summed E-state index contributed by atoms with van der Waals surface area (Å²) in [6.45, 7) is 7.11. The molecule has 1 aromatic carbocycles. The second-order valence-corrected chi connectivity index (χ2v) is 8.88. The highest BCUT2D eigenvalue weighted by atomic mass is 16.2. The molecule has 0 N–H and O–H groups in total. The number of nitrogens with zero attached hydrogens (tertiary/aromatic N) is 8. The summed E-state index contributed by atoms with van der Waals surface area (Å²) in [5, 5.41) is 8.24. The molecule has 0 spiro atoms. The molecule has 0 bridgehead atoms. The Morgan fingerprint density at radius 3 is 2.35 bits per heavy atom. The molecule has 10 nitrogen and oxygen atoms in total. The molecule has 2 aliphatic rings. The number of piperazine rings is 1. The molecule has 2 aromatic heterocycles. The number of anilines is 3. The van der Waals surface area contributed by atoms with Gasteiger partial charge in [0.25, 0.3) is 0 Å². The van der Waals surface area contributed by atoms with Gasteiger partial charge >= 0.3 is 6.03 Å². The van der Waals surface area contributed by atoms with E-state index in [2.05, 4.69) is 28.9 Å². The van der Waals surface area contributed by atoms with Crippen molar-refractivity contribution < 1.29 is 9.59 Å². The van der Waals surface area contributed by atoms with E-state index in [9.17, 15) is 9.59 Å². The Labute approximate surface area is 198 Å². The third-order valence-corrected chi connectivity index (χ3v) is 6.36. The van der Waals surface area contributed by atoms with Crippen molar-refractivity contribution >= 4 is 29.1 Å². The van der Waals surface area contributed by atoms with E-state index in [1.807, 2.05) is 54.1 Å². The molecule has 0 radical (unpaired) electrons. The number of carbonyl (C=O) groups is 2. The fourth-order valence-electron chi connectivity index (χ4n) is 4.31. The second-order valence-electron chi connectivity index (χ2n) is 8.88. The van der Waals surface area contributed by atoms with Gasteiger partial charge in [-0.2, -0.15) is 0 Å². The summed E-state index contributed by atoms with van der Waals surface area (Å²) in [6, 6.07) is 13.5. The lowest BCUT2D eigenvalue weighted by Crippen LogP contribution is -2.48. The van der Waals surface area contributed by atoms with Gasteiger partial charge in [0.15, 0.2) is 5.82 Å². The smallest absolute Gasteiger partial charge is 0.330 e. The minimum absolute atomic E-state index is 0.113. The lowest BCUT2D eigenvalue weighted by Gasteiger charge is -2.33. The van der Waals surface area contributed by atoms with Crippen molar-refractivity contribution in [3.8, 4) is 11.5 Å². The SMILES string of the molecule is CC(C)n1cnnc1-c1cccc(N2CCN(c3ccc(N4CCN(C)C(=O)C4)cc3)C2=O)n1. The molecule has 2 aliphatic heterocycles. The zero-order valence-electron chi connectivity index (χ0n) is 19.6. The average molecular weight is 461 g/mol. The van der Waals surface area contributed by atoms with Crippen molar-refractivity contribution in [1.29, 1.82) is 0 Å². The summed E-state index contributed by atoms with van der Waals surface area (Å²) < 4.78 is 1.96. The lowest BCUT2D eigenvalue weighted by molar-refractivity contribution is -0.129. The van der Waals surface area contributed by atoms with E-state index in [0.717, 1.165) is 17.9 Å². The third kappa shape index (κ3) is 3.95. The number of benzene rings is 1. The van der Waals surface area contributed by atoms with Crippen molar-refractivity contribution in [2.45, 2.75) is 19.9 Å². The van der Waals surface area contributed by atoms with Crippen LogP contribution in [0.3, 0.4) is 0 Å². The summed E-state index contributed by atoms with van der Waals surface area (Å²) in [6.07, 6.45) is 1.69. The topological polar surface area (TPSA) is 90.7 Å². The number of pyridine rings is 1. The van der Waals surface area contributed by atoms with E-state index >= 15 is 0 Å². The molecule has 3 aromatic rings. The van der Waals surface area contributed by atoms with E-state index in [4.69, 9.17) is 4.98 Å². The minimum atomic E-state index is -0.113. The molecule has 4 heterocycles. The van der Waals surface area contributed by atoms with Crippen LogP contribution in [0.15, 0.2) is 48.8 Å². The number of aromatic nitrogens is 4. The zero-order valence-corrected chi connectivity index (χ0v) is 19.6. The Morgan fingerprint density at radius 2 is 1.62 bits per heavy atom. The Kier molecular flexibility index (Phi) is 5.64. The van der Waals surface area contributed by atoms with Crippen molar-refractivity contribution in [2.75, 3.05) is 54.5 Å². The van der Waals surface area contributed by atoms with E-state index in [0.29, 0.717) is 43.5 Å². The molecular formula is C24H28N8O2. The number of hydrogen-bond acceptors (Lipinski definition) is 6. The van der Waals surface area contributed by atoms with Crippen LogP contribution in [0.4, 0.5) is 22.0 Å². The summed E-state index contributed by atoms with van der Waals surface area (Å²) in [4.78, 5) is 37.3. The van der Waals surface area contributed by atoms with Gasteiger partial charge in [0.2, 0.25) is 5.91 Å². The highest BCUT2D eigenvalue weighted by Gasteiger charge is 2.32. The number of rotatable bonds is 5. The zero-order chi connectivity index (χ0) is 23.8. The fraction of sp³-hybridized carbons (Fsp3) is 0.375. The number of urea groups is 1. The minimum Gasteiger partial charge on any atom is -0.360 e. The average Bonchev–Trinajstić information content (AvgIpc) is 3.48. The van der Waals surface area contributed by atoms with E-state index in [1.165, 1.54) is 0 Å². The van der Waals surface area contributed by atoms with Crippen molar-refractivity contribution in [3.05, 3.63) is 48.8 Å². The van der Waals surface area contributed by atoms with E-state index < -0.39 is 0 Å². The molecule has 3 amide bonds. The Hall–Kier alpha value is -3.95. The third-order valence-electron chi connectivity index (χ3n) is 6.36. The van der Waals surface area contributed by atoms with E-state index in [-0.39, 0.29) is 18.0 Å². The van der Waals surface area contributed by atoms with Gasteiger partial charge in [-0.1, -0.05) is 6.07 Å². The van der Waals surface area contributed by atoms with Gasteiger partial charge in [0.1, 0.15) is 17.8 Å². The molecule has 0 saturated carbocycles. The van der Waals surface area contributed by atoms with Gasteiger partial charge in [-0.3, -0.25) is 14.6 Å². The lowest BCUT2D eigenvalue weighted by atomic mass is 10.2. The maximum atomic E-state index is 13.3. The van der Waals surface area contributed by atoms with Crippen LogP contribution in [-0.2, 0) is 4.79 Å². The molecule has 0 aliphatic carbocycles. The van der Waals surface area contributed by atoms with Crippen LogP contribution in [0.25, 0.3) is 11.5 Å². The number of hydrogen-bond donors (Lipinski definition) is 0. The van der Waals surface area contributed by atoms with Crippen molar-refractivity contribution in [2.24, 2.45) is 0 Å². The first-order chi connectivity index (χ1) is 16.4. The molecule has 5 rings (SSSR count). The quantitative estimate of drug-likeness (QED) is 0.581. The van der Waals surface area contributed by atoms with E-state index in [1.54, 1.807) is 21.0 Å². The number of amides is 3. The molecule has 0 atom stereocenters. The summed E-state index contributed by atoms with van der Waals surface area (Å²) in [5.41, 5.74) is 2.49. The Balaban J connectivity index is 1.32. The molecule has 176 valence electrons. The van der Waals surface area contributed by atoms with Crippen LogP contribution in [0.2, 0.25) is 0 Å². The summed E-state index contributed by atoms with van der Waals surface area (Å²) in [5.74, 6) is 1.39. The monoisotopic (exact) mass is 460 g/mol. The molecule has 34 heavy (non-hydrogen) atoms. The largest absolute Gasteiger partial charge is 0.360 e. The summed E-state index contributed by atoms with van der Waals surface area (Å²) in [7, 11) is 1.83. The van der Waals surface area contributed by atoms with Gasteiger partial charge < -0.3 is 14.4 Å². The van der Waals surface area contributed by atoms with Crippen LogP contribution in [0.5, 0.6) is 0 Å². The Morgan fingerprint density at radius 1 is 0.882 bits per heavy atom. The highest BCUT2D eigenvalue weighted by Crippen LogP contribution is 2.28. The fourth-order valence-corrected chi connectivity index (χ4v) is 4.31.